The Labute approximate surface area is 360 Å². The molecule has 0 radical (unpaired) electrons. The molecule has 62 heavy (non-hydrogen) atoms. The lowest BCUT2D eigenvalue weighted by Gasteiger charge is -2.30. The van der Waals surface area contributed by atoms with Gasteiger partial charge in [0, 0.05) is 22.2 Å². The summed E-state index contributed by atoms with van der Waals surface area (Å²) in [5.41, 5.74) is 14.1. The first kappa shape index (κ1) is 35.7. The van der Waals surface area contributed by atoms with Crippen molar-refractivity contribution < 1.29 is 4.42 Å². The number of nitrogens with zero attached hydrogens (tertiary/aromatic N) is 1. The Morgan fingerprint density at radius 2 is 0.887 bits per heavy atom. The Morgan fingerprint density at radius 3 is 1.74 bits per heavy atom. The van der Waals surface area contributed by atoms with Gasteiger partial charge in [0.05, 0.1) is 16.8 Å². The molecule has 11 aromatic carbocycles. The molecule has 0 aliphatic heterocycles. The maximum atomic E-state index is 7.07. The zero-order valence-electron chi connectivity index (χ0n) is 33.9. The Kier molecular flexibility index (Phi) is 8.53. The predicted molar refractivity (Wildman–Crippen MR) is 263 cm³/mol. The van der Waals surface area contributed by atoms with E-state index in [1.807, 2.05) is 0 Å². The normalized spacial score (nSPS) is 11.5. The molecule has 1 heterocycles. The number of rotatable bonds is 7. The molecule has 0 spiro atoms. The van der Waals surface area contributed by atoms with Gasteiger partial charge in [0.1, 0.15) is 11.2 Å². The summed E-state index contributed by atoms with van der Waals surface area (Å²) in [5, 5.41) is 9.46. The van der Waals surface area contributed by atoms with Gasteiger partial charge >= 0.3 is 0 Å². The quantitative estimate of drug-likeness (QED) is 0.150. The average molecular weight is 790 g/mol. The molecule has 0 atom stereocenters. The van der Waals surface area contributed by atoms with Crippen molar-refractivity contribution in [2.24, 2.45) is 0 Å². The molecule has 0 N–H and O–H groups in total. The zero-order valence-corrected chi connectivity index (χ0v) is 33.9. The molecular weight excluding hydrogens is 751 g/mol. The molecule has 0 saturated heterocycles. The maximum Gasteiger partial charge on any atom is 0.145 e. The van der Waals surface area contributed by atoms with Gasteiger partial charge in [0.25, 0.3) is 0 Å². The van der Waals surface area contributed by atoms with E-state index in [-0.39, 0.29) is 0 Å². The standard InChI is InChI=1S/C60H39NO/c1-2-18-40(19-3-1)46-26-8-9-29-50(46)52-31-12-14-34-56(52)61(44-24-16-23-42(38-44)47-33-17-22-41-20-4-6-25-45(41)47)57-37-36-53(60-59(57)54-32-13-15-35-58(54)62-60)55-39-43-21-5-7-27-48(43)49-28-10-11-30-51(49)55/h1-39H. The Balaban J connectivity index is 1.16. The molecule has 1 aromatic heterocycles. The molecule has 0 fully saturated rings. The number of furan rings is 1. The molecule has 0 aliphatic rings. The summed E-state index contributed by atoms with van der Waals surface area (Å²) in [4.78, 5) is 2.46. The monoisotopic (exact) mass is 789 g/mol. The third kappa shape index (κ3) is 5.88. The van der Waals surface area contributed by atoms with Gasteiger partial charge in [-0.05, 0) is 108 Å². The molecule has 12 aromatic rings. The number of hydrogen-bond donors (Lipinski definition) is 0. The molecule has 0 unspecified atom stereocenters. The Bertz CT molecular complexity index is 3650. The van der Waals surface area contributed by atoms with Crippen LogP contribution in [0.3, 0.4) is 0 Å². The highest BCUT2D eigenvalue weighted by Gasteiger charge is 2.26. The molecule has 0 saturated carbocycles. The van der Waals surface area contributed by atoms with Crippen molar-refractivity contribution in [3.63, 3.8) is 0 Å². The first-order valence-electron chi connectivity index (χ1n) is 21.3. The number of para-hydroxylation sites is 2. The summed E-state index contributed by atoms with van der Waals surface area (Å²) < 4.78 is 7.07. The van der Waals surface area contributed by atoms with Crippen LogP contribution in [0.15, 0.2) is 241 Å². The smallest absolute Gasteiger partial charge is 0.145 e. The molecule has 290 valence electrons. The summed E-state index contributed by atoms with van der Waals surface area (Å²) in [6.07, 6.45) is 0. The number of fused-ring (bicyclic) bond motifs is 7. The molecule has 0 amide bonds. The first-order valence-corrected chi connectivity index (χ1v) is 21.3. The third-order valence-electron chi connectivity index (χ3n) is 12.5. The molecule has 0 bridgehead atoms. The van der Waals surface area contributed by atoms with E-state index in [1.54, 1.807) is 0 Å². The second-order valence-corrected chi connectivity index (χ2v) is 16.0. The number of anilines is 3. The molecule has 2 heteroatoms. The summed E-state index contributed by atoms with van der Waals surface area (Å²) >= 11 is 0. The lowest BCUT2D eigenvalue weighted by atomic mass is 9.91. The van der Waals surface area contributed by atoms with E-state index >= 15 is 0 Å². The minimum Gasteiger partial charge on any atom is -0.455 e. The first-order chi connectivity index (χ1) is 30.8. The van der Waals surface area contributed by atoms with Crippen LogP contribution >= 0.6 is 0 Å². The highest BCUT2D eigenvalue weighted by atomic mass is 16.3. The fourth-order valence-corrected chi connectivity index (χ4v) is 9.67. The van der Waals surface area contributed by atoms with Gasteiger partial charge in [0.15, 0.2) is 0 Å². The Hall–Kier alpha value is -8.20. The molecular formula is C60H39NO. The van der Waals surface area contributed by atoms with Crippen molar-refractivity contribution in [2.45, 2.75) is 0 Å². The van der Waals surface area contributed by atoms with Crippen molar-refractivity contribution in [1.82, 2.24) is 0 Å². The van der Waals surface area contributed by atoms with Crippen LogP contribution in [-0.4, -0.2) is 0 Å². The maximum absolute atomic E-state index is 7.07. The van der Waals surface area contributed by atoms with E-state index in [9.17, 15) is 0 Å². The van der Waals surface area contributed by atoms with E-state index in [0.29, 0.717) is 0 Å². The predicted octanol–water partition coefficient (Wildman–Crippen LogP) is 17.2. The lowest BCUT2D eigenvalue weighted by Crippen LogP contribution is -2.12. The van der Waals surface area contributed by atoms with Gasteiger partial charge in [-0.15, -0.1) is 0 Å². The van der Waals surface area contributed by atoms with Crippen LogP contribution in [0.1, 0.15) is 0 Å². The minimum absolute atomic E-state index is 0.855. The molecule has 0 aliphatic carbocycles. The fourth-order valence-electron chi connectivity index (χ4n) is 9.67. The van der Waals surface area contributed by atoms with Crippen molar-refractivity contribution in [2.75, 3.05) is 4.90 Å². The van der Waals surface area contributed by atoms with Crippen molar-refractivity contribution in [3.8, 4) is 44.5 Å². The summed E-state index contributed by atoms with van der Waals surface area (Å²) in [5.74, 6) is 0. The summed E-state index contributed by atoms with van der Waals surface area (Å²) in [7, 11) is 0. The molecule has 2 nitrogen and oxygen atoms in total. The fraction of sp³-hybridized carbons (Fsp3) is 0. The average Bonchev–Trinajstić information content (AvgIpc) is 3.74. The lowest BCUT2D eigenvalue weighted by molar-refractivity contribution is 0.670. The third-order valence-corrected chi connectivity index (χ3v) is 12.5. The second kappa shape index (κ2) is 14.8. The van der Waals surface area contributed by atoms with E-state index < -0.39 is 0 Å². The van der Waals surface area contributed by atoms with Gasteiger partial charge in [-0.1, -0.05) is 194 Å². The van der Waals surface area contributed by atoms with Crippen molar-refractivity contribution in [1.29, 1.82) is 0 Å². The topological polar surface area (TPSA) is 16.4 Å². The summed E-state index contributed by atoms with van der Waals surface area (Å²) in [6.45, 7) is 0. The van der Waals surface area contributed by atoms with Gasteiger partial charge < -0.3 is 9.32 Å². The van der Waals surface area contributed by atoms with E-state index in [0.717, 1.165) is 66.8 Å². The second-order valence-electron chi connectivity index (χ2n) is 16.0. The van der Waals surface area contributed by atoms with Crippen LogP contribution in [0.25, 0.3) is 98.8 Å². The van der Waals surface area contributed by atoms with E-state index in [2.05, 4.69) is 241 Å². The van der Waals surface area contributed by atoms with Crippen LogP contribution in [0.4, 0.5) is 17.1 Å². The highest BCUT2D eigenvalue weighted by Crippen LogP contribution is 2.50. The van der Waals surface area contributed by atoms with Crippen LogP contribution in [0.5, 0.6) is 0 Å². The number of benzene rings is 11. The number of hydrogen-bond acceptors (Lipinski definition) is 2. The van der Waals surface area contributed by atoms with Crippen LogP contribution in [-0.2, 0) is 0 Å². The largest absolute Gasteiger partial charge is 0.455 e. The van der Waals surface area contributed by atoms with Crippen molar-refractivity contribution in [3.05, 3.63) is 237 Å². The van der Waals surface area contributed by atoms with Gasteiger partial charge in [0.2, 0.25) is 0 Å². The molecule has 12 rings (SSSR count). The van der Waals surface area contributed by atoms with Gasteiger partial charge in [-0.3, -0.25) is 0 Å². The van der Waals surface area contributed by atoms with Crippen LogP contribution in [0, 0.1) is 0 Å². The van der Waals surface area contributed by atoms with Crippen LogP contribution < -0.4 is 4.90 Å². The minimum atomic E-state index is 0.855. The highest BCUT2D eigenvalue weighted by molar-refractivity contribution is 6.21. The van der Waals surface area contributed by atoms with E-state index in [1.165, 1.54) is 49.0 Å². The Morgan fingerprint density at radius 1 is 0.290 bits per heavy atom. The zero-order chi connectivity index (χ0) is 41.0. The van der Waals surface area contributed by atoms with Crippen molar-refractivity contribution >= 4 is 71.3 Å². The SMILES string of the molecule is c1ccc(-c2ccccc2-c2ccccc2N(c2cccc(-c3cccc4ccccc34)c2)c2ccc(-c3cc4ccccc4c4ccccc34)c3oc4ccccc4c23)cc1. The van der Waals surface area contributed by atoms with Gasteiger partial charge in [-0.25, -0.2) is 0 Å². The summed E-state index contributed by atoms with van der Waals surface area (Å²) in [6, 6.07) is 85.4. The van der Waals surface area contributed by atoms with Gasteiger partial charge in [-0.2, -0.15) is 0 Å². The van der Waals surface area contributed by atoms with Crippen LogP contribution in [0.2, 0.25) is 0 Å². The van der Waals surface area contributed by atoms with E-state index in [4.69, 9.17) is 4.42 Å².